The van der Waals surface area contributed by atoms with E-state index < -0.39 is 6.61 Å². The number of nitrogens with zero attached hydrogens (tertiary/aromatic N) is 2. The molecule has 0 bridgehead atoms. The first-order valence-electron chi connectivity index (χ1n) is 6.04. The minimum atomic E-state index is -2.81. The van der Waals surface area contributed by atoms with Crippen molar-refractivity contribution in [3.05, 3.63) is 36.3 Å². The molecule has 19 heavy (non-hydrogen) atoms. The van der Waals surface area contributed by atoms with Gasteiger partial charge in [0.2, 0.25) is 0 Å². The normalized spacial score (nSPS) is 14.5. The van der Waals surface area contributed by atoms with Crippen molar-refractivity contribution in [3.63, 3.8) is 0 Å². The summed E-state index contributed by atoms with van der Waals surface area (Å²) in [7, 11) is 0. The van der Waals surface area contributed by atoms with Gasteiger partial charge in [-0.3, -0.25) is 0 Å². The van der Waals surface area contributed by atoms with E-state index in [1.807, 2.05) is 12.3 Å². The van der Waals surface area contributed by atoms with E-state index in [1.165, 1.54) is 6.07 Å². The Morgan fingerprint density at radius 3 is 3.05 bits per heavy atom. The molecule has 1 aromatic carbocycles. The Morgan fingerprint density at radius 1 is 1.37 bits per heavy atom. The summed E-state index contributed by atoms with van der Waals surface area (Å²) in [4.78, 5) is 4.50. The summed E-state index contributed by atoms with van der Waals surface area (Å²) in [6, 6.07) is 6.60. The van der Waals surface area contributed by atoms with Gasteiger partial charge < -0.3 is 14.6 Å². The van der Waals surface area contributed by atoms with Crippen LogP contribution in [0.5, 0.6) is 5.75 Å². The van der Waals surface area contributed by atoms with Crippen LogP contribution in [0.2, 0.25) is 0 Å². The zero-order valence-electron chi connectivity index (χ0n) is 10.1. The van der Waals surface area contributed by atoms with E-state index in [9.17, 15) is 8.78 Å². The molecule has 6 heteroatoms. The summed E-state index contributed by atoms with van der Waals surface area (Å²) in [6.45, 7) is -0.297. The Kier molecular flexibility index (Phi) is 3.16. The number of hydrogen-bond donors (Lipinski definition) is 1. The number of ether oxygens (including phenoxy) is 1. The Balaban J connectivity index is 1.91. The highest BCUT2D eigenvalue weighted by Gasteiger charge is 2.13. The van der Waals surface area contributed by atoms with Gasteiger partial charge >= 0.3 is 6.61 Å². The lowest BCUT2D eigenvalue weighted by molar-refractivity contribution is -0.0498. The van der Waals surface area contributed by atoms with Gasteiger partial charge in [-0.15, -0.1) is 0 Å². The van der Waals surface area contributed by atoms with E-state index in [2.05, 4.69) is 19.6 Å². The maximum atomic E-state index is 12.2. The highest BCUT2D eigenvalue weighted by Crippen LogP contribution is 2.24. The zero-order valence-corrected chi connectivity index (χ0v) is 10.1. The number of alkyl halides is 2. The molecule has 0 aliphatic carbocycles. The standard InChI is InChI=1S/C13H13F2N3O/c14-13(15)19-10-3-1-2-9(6-10)11-8-18-5-4-16-7-12(18)17-11/h1-3,6,8,13,16H,4-5,7H2. The molecule has 0 spiro atoms. The van der Waals surface area contributed by atoms with E-state index in [1.54, 1.807) is 12.1 Å². The van der Waals surface area contributed by atoms with Gasteiger partial charge in [0.15, 0.2) is 0 Å². The molecule has 1 aliphatic rings. The fourth-order valence-corrected chi connectivity index (χ4v) is 2.16. The maximum Gasteiger partial charge on any atom is 0.387 e. The van der Waals surface area contributed by atoms with Crippen LogP contribution < -0.4 is 10.1 Å². The van der Waals surface area contributed by atoms with E-state index in [0.29, 0.717) is 0 Å². The van der Waals surface area contributed by atoms with Crippen LogP contribution in [0, 0.1) is 0 Å². The molecule has 0 amide bonds. The number of hydrogen-bond acceptors (Lipinski definition) is 3. The van der Waals surface area contributed by atoms with Crippen LogP contribution in [0.25, 0.3) is 11.3 Å². The second-order valence-electron chi connectivity index (χ2n) is 4.32. The molecular formula is C13H13F2N3O. The Bertz CT molecular complexity index is 560. The van der Waals surface area contributed by atoms with Gasteiger partial charge in [0.1, 0.15) is 11.6 Å². The molecule has 4 nitrogen and oxygen atoms in total. The Morgan fingerprint density at radius 2 is 2.26 bits per heavy atom. The maximum absolute atomic E-state index is 12.2. The molecule has 0 unspecified atom stereocenters. The van der Waals surface area contributed by atoms with Gasteiger partial charge in [0.25, 0.3) is 0 Å². The fourth-order valence-electron chi connectivity index (χ4n) is 2.16. The van der Waals surface area contributed by atoms with Crippen LogP contribution in [0.3, 0.4) is 0 Å². The molecule has 2 aromatic rings. The van der Waals surface area contributed by atoms with Gasteiger partial charge in [-0.2, -0.15) is 8.78 Å². The van der Waals surface area contributed by atoms with E-state index in [0.717, 1.165) is 36.7 Å². The number of fused-ring (bicyclic) bond motifs is 1. The average Bonchev–Trinajstić information content (AvgIpc) is 2.82. The lowest BCUT2D eigenvalue weighted by Crippen LogP contribution is -2.27. The molecule has 0 radical (unpaired) electrons. The Labute approximate surface area is 109 Å². The van der Waals surface area contributed by atoms with Crippen molar-refractivity contribution in [2.75, 3.05) is 6.54 Å². The monoisotopic (exact) mass is 265 g/mol. The van der Waals surface area contributed by atoms with Gasteiger partial charge in [-0.25, -0.2) is 4.98 Å². The summed E-state index contributed by atoms with van der Waals surface area (Å²) in [6.07, 6.45) is 1.94. The molecule has 100 valence electrons. The van der Waals surface area contributed by atoms with Crippen LogP contribution in [-0.2, 0) is 13.1 Å². The van der Waals surface area contributed by atoms with Crippen LogP contribution in [0.1, 0.15) is 5.82 Å². The highest BCUT2D eigenvalue weighted by atomic mass is 19.3. The summed E-state index contributed by atoms with van der Waals surface area (Å²) < 4.78 is 30.9. The molecule has 2 heterocycles. The first-order valence-corrected chi connectivity index (χ1v) is 6.04. The minimum Gasteiger partial charge on any atom is -0.435 e. The highest BCUT2D eigenvalue weighted by molar-refractivity contribution is 5.60. The van der Waals surface area contributed by atoms with E-state index >= 15 is 0 Å². The molecule has 1 aliphatic heterocycles. The lowest BCUT2D eigenvalue weighted by atomic mass is 10.1. The lowest BCUT2D eigenvalue weighted by Gasteiger charge is -2.13. The van der Waals surface area contributed by atoms with Crippen LogP contribution >= 0.6 is 0 Å². The molecule has 0 fully saturated rings. The summed E-state index contributed by atoms with van der Waals surface area (Å²) in [5.74, 6) is 1.11. The number of imidazole rings is 1. The van der Waals surface area contributed by atoms with Crippen molar-refractivity contribution in [1.82, 2.24) is 14.9 Å². The van der Waals surface area contributed by atoms with Crippen molar-refractivity contribution < 1.29 is 13.5 Å². The van der Waals surface area contributed by atoms with Crippen LogP contribution in [0.4, 0.5) is 8.78 Å². The second kappa shape index (κ2) is 4.97. The van der Waals surface area contributed by atoms with Crippen LogP contribution in [-0.4, -0.2) is 22.7 Å². The molecule has 1 N–H and O–H groups in total. The summed E-state index contributed by atoms with van der Waals surface area (Å²) >= 11 is 0. The third-order valence-electron chi connectivity index (χ3n) is 3.03. The van der Waals surface area contributed by atoms with E-state index in [-0.39, 0.29) is 5.75 Å². The summed E-state index contributed by atoms with van der Waals surface area (Å²) in [5.41, 5.74) is 1.55. The van der Waals surface area contributed by atoms with Gasteiger partial charge in [0, 0.05) is 24.8 Å². The second-order valence-corrected chi connectivity index (χ2v) is 4.32. The Hall–Kier alpha value is -1.95. The van der Waals surface area contributed by atoms with Crippen molar-refractivity contribution in [1.29, 1.82) is 0 Å². The smallest absolute Gasteiger partial charge is 0.387 e. The molecule has 0 saturated heterocycles. The van der Waals surface area contributed by atoms with Crippen molar-refractivity contribution >= 4 is 0 Å². The fraction of sp³-hybridized carbons (Fsp3) is 0.308. The van der Waals surface area contributed by atoms with Crippen molar-refractivity contribution in [2.45, 2.75) is 19.7 Å². The minimum absolute atomic E-state index is 0.150. The number of aromatic nitrogens is 2. The average molecular weight is 265 g/mol. The number of halogens is 2. The molecule has 3 rings (SSSR count). The number of benzene rings is 1. The molecular weight excluding hydrogens is 252 g/mol. The number of nitrogens with one attached hydrogen (secondary N) is 1. The topological polar surface area (TPSA) is 39.1 Å². The van der Waals surface area contributed by atoms with E-state index in [4.69, 9.17) is 0 Å². The predicted octanol–water partition coefficient (Wildman–Crippen LogP) is 2.25. The largest absolute Gasteiger partial charge is 0.435 e. The van der Waals surface area contributed by atoms with Gasteiger partial charge in [0.05, 0.1) is 12.2 Å². The quantitative estimate of drug-likeness (QED) is 0.925. The van der Waals surface area contributed by atoms with Crippen molar-refractivity contribution in [3.8, 4) is 17.0 Å². The predicted molar refractivity (Wildman–Crippen MR) is 66.0 cm³/mol. The molecule has 0 saturated carbocycles. The van der Waals surface area contributed by atoms with Crippen molar-refractivity contribution in [2.24, 2.45) is 0 Å². The first kappa shape index (κ1) is 12.1. The van der Waals surface area contributed by atoms with Crippen LogP contribution in [0.15, 0.2) is 30.5 Å². The zero-order chi connectivity index (χ0) is 13.2. The van der Waals surface area contributed by atoms with Gasteiger partial charge in [-0.05, 0) is 12.1 Å². The molecule has 0 atom stereocenters. The SMILES string of the molecule is FC(F)Oc1cccc(-c2cn3c(n2)CNCC3)c1. The van der Waals surface area contributed by atoms with Gasteiger partial charge in [-0.1, -0.05) is 12.1 Å². The first-order chi connectivity index (χ1) is 9.22. The third-order valence-corrected chi connectivity index (χ3v) is 3.03. The third kappa shape index (κ3) is 2.58. The summed E-state index contributed by atoms with van der Waals surface area (Å²) in [5, 5.41) is 3.24. The molecule has 1 aromatic heterocycles. The number of rotatable bonds is 3.